The molecule has 0 rings (SSSR count). The minimum Gasteiger partial charge on any atom is -0.444 e. The van der Waals surface area contributed by atoms with Gasteiger partial charge in [-0.1, -0.05) is 48.0 Å². The van der Waals surface area contributed by atoms with Gasteiger partial charge in [-0.25, -0.2) is 4.79 Å². The number of Topliss-reactive ketones (excluding diaryl/α,β-unsaturated/α-hetero) is 2. The average molecular weight is 470 g/mol. The molecule has 0 aromatic carbocycles. The zero-order chi connectivity index (χ0) is 26.1. The quantitative estimate of drug-likeness (QED) is 0.375. The zero-order valence-corrected chi connectivity index (χ0v) is 21.7. The van der Waals surface area contributed by atoms with Crippen LogP contribution in [0.2, 0.25) is 0 Å². The van der Waals surface area contributed by atoms with Crippen LogP contribution in [0.3, 0.4) is 0 Å². The van der Waals surface area contributed by atoms with E-state index in [9.17, 15) is 24.0 Å². The molecular weight excluding hydrogens is 426 g/mol. The Kier molecular flexibility index (Phi) is 11.8. The molecule has 0 aliphatic rings. The molecule has 33 heavy (non-hydrogen) atoms. The fourth-order valence-electron chi connectivity index (χ4n) is 3.36. The molecule has 0 saturated carbocycles. The summed E-state index contributed by atoms with van der Waals surface area (Å²) in [5.41, 5.74) is 3.73. The predicted molar refractivity (Wildman–Crippen MR) is 126 cm³/mol. The molecule has 0 aliphatic heterocycles. The van der Waals surface area contributed by atoms with E-state index in [1.807, 2.05) is 20.8 Å². The van der Waals surface area contributed by atoms with Gasteiger partial charge in [-0.05, 0) is 44.9 Å². The SMILES string of the molecule is CCCC(CC(=O)[C@H](CC(C)C)NC(=O)C(NC(=O)OC(C)(C)C)C(C)(C)C)C(=O)C(N)=O. The number of primary amides is 1. The van der Waals surface area contributed by atoms with Crippen LogP contribution in [0.25, 0.3) is 0 Å². The second kappa shape index (κ2) is 12.7. The third-order valence-corrected chi connectivity index (χ3v) is 4.90. The van der Waals surface area contributed by atoms with E-state index >= 15 is 0 Å². The van der Waals surface area contributed by atoms with Crippen molar-refractivity contribution in [2.75, 3.05) is 0 Å². The molecule has 0 aliphatic carbocycles. The molecule has 0 saturated heterocycles. The van der Waals surface area contributed by atoms with Gasteiger partial charge >= 0.3 is 6.09 Å². The zero-order valence-electron chi connectivity index (χ0n) is 21.7. The molecular formula is C24H43N3O6. The van der Waals surface area contributed by atoms with Gasteiger partial charge in [0, 0.05) is 12.3 Å². The summed E-state index contributed by atoms with van der Waals surface area (Å²) in [5.74, 6) is -3.47. The Morgan fingerprint density at radius 2 is 1.48 bits per heavy atom. The normalized spacial score (nSPS) is 14.7. The van der Waals surface area contributed by atoms with E-state index in [0.717, 1.165) is 0 Å². The van der Waals surface area contributed by atoms with Crippen molar-refractivity contribution in [3.8, 4) is 0 Å². The number of carbonyl (C=O) groups is 5. The first-order valence-electron chi connectivity index (χ1n) is 11.5. The van der Waals surface area contributed by atoms with Gasteiger partial charge < -0.3 is 21.1 Å². The maximum absolute atomic E-state index is 13.2. The Bertz CT molecular complexity index is 719. The number of ether oxygens (including phenoxy) is 1. The van der Waals surface area contributed by atoms with Crippen LogP contribution < -0.4 is 16.4 Å². The monoisotopic (exact) mass is 469 g/mol. The van der Waals surface area contributed by atoms with Crippen LogP contribution in [0.1, 0.15) is 88.0 Å². The molecule has 3 amide bonds. The van der Waals surface area contributed by atoms with E-state index in [4.69, 9.17) is 10.5 Å². The molecule has 0 heterocycles. The van der Waals surface area contributed by atoms with Crippen LogP contribution >= 0.6 is 0 Å². The fourth-order valence-corrected chi connectivity index (χ4v) is 3.36. The number of carbonyl (C=O) groups excluding carboxylic acids is 5. The van der Waals surface area contributed by atoms with Gasteiger partial charge in [0.05, 0.1) is 6.04 Å². The van der Waals surface area contributed by atoms with Crippen LogP contribution in [0.4, 0.5) is 4.79 Å². The lowest BCUT2D eigenvalue weighted by atomic mass is 9.85. The summed E-state index contributed by atoms with van der Waals surface area (Å²) in [6, 6.07) is -1.84. The first kappa shape index (κ1) is 30.6. The van der Waals surface area contributed by atoms with Gasteiger partial charge in [0.2, 0.25) is 11.7 Å². The molecule has 0 aromatic heterocycles. The Morgan fingerprint density at radius 3 is 1.88 bits per heavy atom. The Hall–Kier alpha value is -2.45. The van der Waals surface area contributed by atoms with Gasteiger partial charge in [-0.15, -0.1) is 0 Å². The van der Waals surface area contributed by atoms with E-state index in [2.05, 4.69) is 10.6 Å². The third kappa shape index (κ3) is 11.8. The maximum atomic E-state index is 13.2. The summed E-state index contributed by atoms with van der Waals surface area (Å²) in [5, 5.41) is 5.36. The van der Waals surface area contributed by atoms with Crippen molar-refractivity contribution in [2.45, 2.75) is 106 Å². The summed E-state index contributed by atoms with van der Waals surface area (Å²) in [6.07, 6.45) is 0.370. The molecule has 0 aromatic rings. The third-order valence-electron chi connectivity index (χ3n) is 4.90. The highest BCUT2D eigenvalue weighted by Crippen LogP contribution is 2.22. The minimum atomic E-state index is -1.07. The topological polar surface area (TPSA) is 145 Å². The second-order valence-electron chi connectivity index (χ2n) is 11.0. The van der Waals surface area contributed by atoms with Crippen LogP contribution in [0, 0.1) is 17.3 Å². The van der Waals surface area contributed by atoms with Crippen molar-refractivity contribution < 1.29 is 28.7 Å². The number of hydrogen-bond acceptors (Lipinski definition) is 6. The largest absolute Gasteiger partial charge is 0.444 e. The number of nitrogens with one attached hydrogen (secondary N) is 2. The van der Waals surface area contributed by atoms with Gasteiger partial charge in [0.25, 0.3) is 5.91 Å². The highest BCUT2D eigenvalue weighted by molar-refractivity contribution is 6.36. The number of rotatable bonds is 12. The Labute approximate surface area is 197 Å². The van der Waals surface area contributed by atoms with E-state index < -0.39 is 52.7 Å². The van der Waals surface area contributed by atoms with Gasteiger partial charge in [-0.2, -0.15) is 0 Å². The van der Waals surface area contributed by atoms with E-state index in [-0.39, 0.29) is 18.1 Å². The number of hydrogen-bond donors (Lipinski definition) is 3. The Balaban J connectivity index is 5.67. The molecule has 9 heteroatoms. The Morgan fingerprint density at radius 1 is 0.939 bits per heavy atom. The lowest BCUT2D eigenvalue weighted by molar-refractivity contribution is -0.140. The molecule has 190 valence electrons. The highest BCUT2D eigenvalue weighted by atomic mass is 16.6. The van der Waals surface area contributed by atoms with Gasteiger partial charge in [0.1, 0.15) is 11.6 Å². The fraction of sp³-hybridized carbons (Fsp3) is 0.792. The minimum absolute atomic E-state index is 0.0719. The maximum Gasteiger partial charge on any atom is 0.408 e. The number of nitrogens with two attached hydrogens (primary N) is 1. The first-order valence-corrected chi connectivity index (χ1v) is 11.5. The van der Waals surface area contributed by atoms with Crippen LogP contribution in [-0.4, -0.2) is 47.2 Å². The van der Waals surface area contributed by atoms with E-state index in [0.29, 0.717) is 19.3 Å². The smallest absolute Gasteiger partial charge is 0.408 e. The summed E-state index contributed by atoms with van der Waals surface area (Å²) in [4.78, 5) is 62.1. The van der Waals surface area contributed by atoms with Crippen LogP contribution in [0.15, 0.2) is 0 Å². The van der Waals surface area contributed by atoms with E-state index in [1.165, 1.54) is 0 Å². The first-order chi connectivity index (χ1) is 14.9. The molecule has 0 radical (unpaired) electrons. The predicted octanol–water partition coefficient (Wildman–Crippen LogP) is 2.89. The van der Waals surface area contributed by atoms with Crippen molar-refractivity contribution in [3.05, 3.63) is 0 Å². The summed E-state index contributed by atoms with van der Waals surface area (Å²) in [7, 11) is 0. The van der Waals surface area contributed by atoms with Crippen molar-refractivity contribution >= 4 is 29.5 Å². The molecule has 0 spiro atoms. The second-order valence-corrected chi connectivity index (χ2v) is 11.0. The highest BCUT2D eigenvalue weighted by Gasteiger charge is 2.37. The summed E-state index contributed by atoms with van der Waals surface area (Å²) in [6.45, 7) is 16.2. The lowest BCUT2D eigenvalue weighted by Crippen LogP contribution is -2.57. The van der Waals surface area contributed by atoms with Crippen LogP contribution in [-0.2, 0) is 23.9 Å². The van der Waals surface area contributed by atoms with Gasteiger partial charge in [-0.3, -0.25) is 19.2 Å². The molecule has 9 nitrogen and oxygen atoms in total. The number of alkyl carbamates (subject to hydrolysis) is 1. The summed E-state index contributed by atoms with van der Waals surface area (Å²) < 4.78 is 5.28. The average Bonchev–Trinajstić information content (AvgIpc) is 2.61. The van der Waals surface area contributed by atoms with E-state index in [1.54, 1.807) is 41.5 Å². The molecule has 3 atom stereocenters. The number of amides is 3. The molecule has 0 bridgehead atoms. The molecule has 0 fully saturated rings. The number of ketones is 2. The lowest BCUT2D eigenvalue weighted by Gasteiger charge is -2.33. The summed E-state index contributed by atoms with van der Waals surface area (Å²) >= 11 is 0. The van der Waals surface area contributed by atoms with Crippen molar-refractivity contribution in [1.82, 2.24) is 10.6 Å². The molecule has 4 N–H and O–H groups in total. The van der Waals surface area contributed by atoms with Crippen molar-refractivity contribution in [1.29, 1.82) is 0 Å². The van der Waals surface area contributed by atoms with Crippen LogP contribution in [0.5, 0.6) is 0 Å². The van der Waals surface area contributed by atoms with Crippen molar-refractivity contribution in [3.63, 3.8) is 0 Å². The van der Waals surface area contributed by atoms with Gasteiger partial charge in [0.15, 0.2) is 5.78 Å². The molecule has 2 unspecified atom stereocenters. The van der Waals surface area contributed by atoms with Crippen molar-refractivity contribution in [2.24, 2.45) is 23.0 Å². The standard InChI is InChI=1S/C24H43N3O6/c1-10-11-15(18(29)20(25)30)13-17(28)16(12-14(2)3)26-21(31)19(23(4,5)6)27-22(32)33-24(7,8)9/h14-16,19H,10-13H2,1-9H3,(H2,25,30)(H,26,31)(H,27,32)/t15?,16-,19?/m0/s1.